The SMILES string of the molecule is Cc1ccc(-c2ccc(Cl)cc2)cc1C1C(=O)CC(CC2OCC(CC3CCOCC3)O2)CC1=O. The highest BCUT2D eigenvalue weighted by atomic mass is 35.5. The lowest BCUT2D eigenvalue weighted by molar-refractivity contribution is -0.135. The number of ether oxygens (including phenoxy) is 3. The Morgan fingerprint density at radius 2 is 1.57 bits per heavy atom. The smallest absolute Gasteiger partial charge is 0.158 e. The zero-order chi connectivity index (χ0) is 24.4. The van der Waals surface area contributed by atoms with Crippen LogP contribution in [-0.4, -0.2) is 43.8 Å². The largest absolute Gasteiger partial charge is 0.381 e. The van der Waals surface area contributed by atoms with Crippen molar-refractivity contribution < 1.29 is 23.8 Å². The van der Waals surface area contributed by atoms with E-state index in [1.807, 2.05) is 49.4 Å². The summed E-state index contributed by atoms with van der Waals surface area (Å²) in [5.74, 6) is -0.0942. The molecular formula is C29H33ClO5. The topological polar surface area (TPSA) is 61.8 Å². The number of halogens is 1. The van der Waals surface area contributed by atoms with Crippen LogP contribution in [0.5, 0.6) is 0 Å². The van der Waals surface area contributed by atoms with Crippen LogP contribution in [0.25, 0.3) is 11.1 Å². The molecule has 1 aliphatic carbocycles. The van der Waals surface area contributed by atoms with Gasteiger partial charge in [0, 0.05) is 37.5 Å². The van der Waals surface area contributed by atoms with Crippen molar-refractivity contribution >= 4 is 23.2 Å². The van der Waals surface area contributed by atoms with Crippen molar-refractivity contribution in [2.75, 3.05) is 19.8 Å². The molecule has 186 valence electrons. The Kier molecular flexibility index (Phi) is 7.68. The fourth-order valence-electron chi connectivity index (χ4n) is 5.72. The van der Waals surface area contributed by atoms with Crippen LogP contribution < -0.4 is 0 Å². The van der Waals surface area contributed by atoms with E-state index in [0.29, 0.717) is 36.8 Å². The quantitative estimate of drug-likeness (QED) is 0.466. The predicted octanol–water partition coefficient (Wildman–Crippen LogP) is 5.90. The molecule has 3 aliphatic rings. The summed E-state index contributed by atoms with van der Waals surface area (Å²) in [6, 6.07) is 13.6. The van der Waals surface area contributed by atoms with E-state index in [1.54, 1.807) is 0 Å². The van der Waals surface area contributed by atoms with E-state index in [9.17, 15) is 9.59 Å². The Labute approximate surface area is 212 Å². The molecule has 0 aromatic heterocycles. The van der Waals surface area contributed by atoms with Crippen LogP contribution in [0.3, 0.4) is 0 Å². The molecule has 2 saturated heterocycles. The second kappa shape index (κ2) is 10.9. The average Bonchev–Trinajstić information content (AvgIpc) is 3.27. The van der Waals surface area contributed by atoms with E-state index in [1.165, 1.54) is 0 Å². The number of carbonyl (C=O) groups excluding carboxylic acids is 2. The molecule has 0 bridgehead atoms. The first-order chi connectivity index (χ1) is 17.0. The van der Waals surface area contributed by atoms with E-state index < -0.39 is 5.92 Å². The highest BCUT2D eigenvalue weighted by Crippen LogP contribution is 2.37. The number of ketones is 2. The minimum Gasteiger partial charge on any atom is -0.381 e. The summed E-state index contributed by atoms with van der Waals surface area (Å²) in [5.41, 5.74) is 3.77. The van der Waals surface area contributed by atoms with E-state index in [0.717, 1.165) is 54.7 Å². The van der Waals surface area contributed by atoms with Crippen molar-refractivity contribution in [2.45, 2.75) is 63.8 Å². The molecule has 2 aliphatic heterocycles. The van der Waals surface area contributed by atoms with Gasteiger partial charge in [-0.3, -0.25) is 9.59 Å². The molecule has 6 heteroatoms. The number of rotatable bonds is 6. The first kappa shape index (κ1) is 24.6. The summed E-state index contributed by atoms with van der Waals surface area (Å²) in [4.78, 5) is 26.5. The molecule has 5 rings (SSSR count). The Morgan fingerprint density at radius 3 is 2.29 bits per heavy atom. The number of hydrogen-bond donors (Lipinski definition) is 0. The summed E-state index contributed by atoms with van der Waals surface area (Å²) < 4.78 is 17.5. The highest BCUT2D eigenvalue weighted by molar-refractivity contribution is 6.30. The molecule has 0 amide bonds. The molecule has 2 atom stereocenters. The summed E-state index contributed by atoms with van der Waals surface area (Å²) in [6.07, 6.45) is 4.29. The molecule has 35 heavy (non-hydrogen) atoms. The Balaban J connectivity index is 1.21. The number of aryl methyl sites for hydroxylation is 1. The Bertz CT molecular complexity index is 1040. The van der Waals surface area contributed by atoms with Crippen LogP contribution in [0.15, 0.2) is 42.5 Å². The maximum absolute atomic E-state index is 13.2. The van der Waals surface area contributed by atoms with Crippen LogP contribution in [0, 0.1) is 18.8 Å². The molecule has 2 heterocycles. The van der Waals surface area contributed by atoms with Crippen LogP contribution in [0.2, 0.25) is 5.02 Å². The van der Waals surface area contributed by atoms with E-state index in [-0.39, 0.29) is 29.9 Å². The van der Waals surface area contributed by atoms with E-state index in [4.69, 9.17) is 25.8 Å². The van der Waals surface area contributed by atoms with Gasteiger partial charge in [0.05, 0.1) is 12.7 Å². The molecule has 2 aromatic carbocycles. The van der Waals surface area contributed by atoms with Crippen LogP contribution in [-0.2, 0) is 23.8 Å². The van der Waals surface area contributed by atoms with Crippen molar-refractivity contribution in [2.24, 2.45) is 11.8 Å². The normalized spacial score (nSPS) is 27.9. The molecule has 0 radical (unpaired) electrons. The van der Waals surface area contributed by atoms with Crippen LogP contribution in [0.1, 0.15) is 55.6 Å². The maximum atomic E-state index is 13.2. The number of Topliss-reactive ketones (excluding diaryl/α,β-unsaturated/α-hetero) is 2. The fraction of sp³-hybridized carbons (Fsp3) is 0.517. The van der Waals surface area contributed by atoms with Gasteiger partial charge in [-0.2, -0.15) is 0 Å². The van der Waals surface area contributed by atoms with Crippen molar-refractivity contribution in [1.82, 2.24) is 0 Å². The molecule has 0 N–H and O–H groups in total. The summed E-state index contributed by atoms with van der Waals surface area (Å²) in [5, 5.41) is 0.676. The van der Waals surface area contributed by atoms with Gasteiger partial charge in [-0.1, -0.05) is 35.9 Å². The lowest BCUT2D eigenvalue weighted by Crippen LogP contribution is -2.34. The summed E-state index contributed by atoms with van der Waals surface area (Å²) >= 11 is 6.03. The number of hydrogen-bond acceptors (Lipinski definition) is 5. The maximum Gasteiger partial charge on any atom is 0.158 e. The van der Waals surface area contributed by atoms with Crippen LogP contribution in [0.4, 0.5) is 0 Å². The summed E-state index contributed by atoms with van der Waals surface area (Å²) in [7, 11) is 0. The van der Waals surface area contributed by atoms with Crippen molar-refractivity contribution in [1.29, 1.82) is 0 Å². The van der Waals surface area contributed by atoms with E-state index in [2.05, 4.69) is 0 Å². The molecule has 2 aromatic rings. The van der Waals surface area contributed by atoms with Gasteiger partial charge in [0.1, 0.15) is 17.5 Å². The van der Waals surface area contributed by atoms with Gasteiger partial charge < -0.3 is 14.2 Å². The van der Waals surface area contributed by atoms with Gasteiger partial charge in [-0.25, -0.2) is 0 Å². The number of benzene rings is 2. The van der Waals surface area contributed by atoms with Gasteiger partial charge in [0.25, 0.3) is 0 Å². The molecule has 2 unspecified atom stereocenters. The highest BCUT2D eigenvalue weighted by Gasteiger charge is 2.39. The number of carbonyl (C=O) groups is 2. The lowest BCUT2D eigenvalue weighted by atomic mass is 9.74. The lowest BCUT2D eigenvalue weighted by Gasteiger charge is -2.29. The first-order valence-electron chi connectivity index (χ1n) is 12.7. The van der Waals surface area contributed by atoms with Crippen LogP contribution >= 0.6 is 11.6 Å². The van der Waals surface area contributed by atoms with E-state index >= 15 is 0 Å². The van der Waals surface area contributed by atoms with Gasteiger partial charge in [0.15, 0.2) is 6.29 Å². The second-order valence-corrected chi connectivity index (χ2v) is 10.7. The zero-order valence-corrected chi connectivity index (χ0v) is 21.0. The minimum absolute atomic E-state index is 0.000594. The van der Waals surface area contributed by atoms with Crippen molar-refractivity contribution in [3.05, 3.63) is 58.6 Å². The minimum atomic E-state index is -0.690. The van der Waals surface area contributed by atoms with Crippen molar-refractivity contribution in [3.8, 4) is 11.1 Å². The standard InChI is InChI=1S/C29H33ClO5/c1-18-2-3-22(21-4-6-23(30)7-5-21)16-25(18)29-26(31)13-20(14-27(29)32)15-28-34-17-24(35-28)12-19-8-10-33-11-9-19/h2-7,16,19-20,24,28-29H,8-15,17H2,1H3. The molecule has 5 nitrogen and oxygen atoms in total. The molecule has 0 spiro atoms. The van der Waals surface area contributed by atoms with Gasteiger partial charge >= 0.3 is 0 Å². The molecule has 1 saturated carbocycles. The van der Waals surface area contributed by atoms with Gasteiger partial charge in [-0.05, 0) is 78.5 Å². The third kappa shape index (κ3) is 5.86. The average molecular weight is 497 g/mol. The second-order valence-electron chi connectivity index (χ2n) is 10.3. The molecular weight excluding hydrogens is 464 g/mol. The Hall–Kier alpha value is -2.05. The fourth-order valence-corrected chi connectivity index (χ4v) is 5.85. The summed E-state index contributed by atoms with van der Waals surface area (Å²) in [6.45, 7) is 4.22. The zero-order valence-electron chi connectivity index (χ0n) is 20.2. The first-order valence-corrected chi connectivity index (χ1v) is 13.1. The predicted molar refractivity (Wildman–Crippen MR) is 134 cm³/mol. The van der Waals surface area contributed by atoms with Gasteiger partial charge in [0.2, 0.25) is 0 Å². The van der Waals surface area contributed by atoms with Gasteiger partial charge in [-0.15, -0.1) is 0 Å². The van der Waals surface area contributed by atoms with Crippen molar-refractivity contribution in [3.63, 3.8) is 0 Å². The monoisotopic (exact) mass is 496 g/mol. The Morgan fingerprint density at radius 1 is 0.886 bits per heavy atom. The third-order valence-corrected chi connectivity index (χ3v) is 7.92. The molecule has 3 fully saturated rings. The third-order valence-electron chi connectivity index (χ3n) is 7.67.